The summed E-state index contributed by atoms with van der Waals surface area (Å²) in [5, 5.41) is 15.0. The van der Waals surface area contributed by atoms with E-state index in [0.29, 0.717) is 47.3 Å². The highest BCUT2D eigenvalue weighted by Crippen LogP contribution is 2.34. The van der Waals surface area contributed by atoms with E-state index >= 15 is 0 Å². The SMILES string of the molecule is CCOc1cc(C(=O)N/N=C/c2cc(I)c(OCc3ccc([N+](=O)[O-])cc3)c(OC)c2)ccc1OCc1ccccc1. The lowest BCUT2D eigenvalue weighted by molar-refractivity contribution is -0.384. The van der Waals surface area contributed by atoms with Gasteiger partial charge in [-0.05, 0) is 88.7 Å². The summed E-state index contributed by atoms with van der Waals surface area (Å²) in [7, 11) is 1.52. The monoisotopic (exact) mass is 681 g/mol. The number of rotatable bonds is 13. The van der Waals surface area contributed by atoms with Crippen LogP contribution in [0.25, 0.3) is 0 Å². The van der Waals surface area contributed by atoms with Crippen molar-refractivity contribution in [1.82, 2.24) is 5.43 Å². The van der Waals surface area contributed by atoms with Crippen molar-refractivity contribution < 1.29 is 28.7 Å². The lowest BCUT2D eigenvalue weighted by atomic mass is 10.2. The number of hydrogen-bond donors (Lipinski definition) is 1. The Hall–Kier alpha value is -4.65. The minimum absolute atomic E-state index is 0.0150. The Morgan fingerprint density at radius 3 is 2.31 bits per heavy atom. The predicted molar refractivity (Wildman–Crippen MR) is 167 cm³/mol. The number of hydrazone groups is 1. The maximum atomic E-state index is 12.8. The molecule has 1 N–H and O–H groups in total. The molecule has 11 heteroatoms. The van der Waals surface area contributed by atoms with Gasteiger partial charge in [0.15, 0.2) is 23.0 Å². The fraction of sp³-hybridized carbons (Fsp3) is 0.161. The van der Waals surface area contributed by atoms with Gasteiger partial charge in [-0.2, -0.15) is 5.10 Å². The minimum atomic E-state index is -0.448. The van der Waals surface area contributed by atoms with Gasteiger partial charge in [0, 0.05) is 17.7 Å². The molecular weight excluding hydrogens is 653 g/mol. The number of nitrogens with one attached hydrogen (secondary N) is 1. The molecule has 0 bridgehead atoms. The molecule has 0 saturated heterocycles. The summed E-state index contributed by atoms with van der Waals surface area (Å²) in [6, 6.07) is 24.5. The third kappa shape index (κ3) is 8.19. The molecule has 0 heterocycles. The Kier molecular flexibility index (Phi) is 10.7. The standard InChI is InChI=1S/C31H28IN3O7/c1-3-40-28-17-24(11-14-27(28)41-19-21-7-5-4-6-8-21)31(36)34-33-18-23-15-26(32)30(29(16-23)39-2)42-20-22-9-12-25(13-10-22)35(37)38/h4-18H,3,19-20H2,1-2H3,(H,34,36)/b33-18+. The van der Waals surface area contributed by atoms with Crippen LogP contribution in [0.2, 0.25) is 0 Å². The van der Waals surface area contributed by atoms with Crippen LogP contribution in [0.5, 0.6) is 23.0 Å². The number of carbonyl (C=O) groups is 1. The summed E-state index contributed by atoms with van der Waals surface area (Å²) in [6.45, 7) is 2.85. The molecular formula is C31H28IN3O7. The van der Waals surface area contributed by atoms with Gasteiger partial charge in [-0.3, -0.25) is 14.9 Å². The predicted octanol–water partition coefficient (Wildman–Crippen LogP) is 6.53. The maximum absolute atomic E-state index is 12.8. The average molecular weight is 681 g/mol. The Morgan fingerprint density at radius 1 is 0.905 bits per heavy atom. The van der Waals surface area contributed by atoms with E-state index in [4.69, 9.17) is 18.9 Å². The number of carbonyl (C=O) groups excluding carboxylic acids is 1. The second kappa shape index (κ2) is 14.8. The first kappa shape index (κ1) is 30.3. The smallest absolute Gasteiger partial charge is 0.271 e. The number of nitro benzene ring substituents is 1. The number of ether oxygens (including phenoxy) is 4. The van der Waals surface area contributed by atoms with Crippen LogP contribution in [0.1, 0.15) is 34.0 Å². The number of benzene rings is 4. The lowest BCUT2D eigenvalue weighted by Gasteiger charge is -2.14. The molecule has 10 nitrogen and oxygen atoms in total. The number of methoxy groups -OCH3 is 1. The molecule has 42 heavy (non-hydrogen) atoms. The van der Waals surface area contributed by atoms with Crippen LogP contribution in [0.4, 0.5) is 5.69 Å². The van der Waals surface area contributed by atoms with Gasteiger partial charge in [-0.1, -0.05) is 30.3 Å². The van der Waals surface area contributed by atoms with Crippen molar-refractivity contribution in [1.29, 1.82) is 0 Å². The van der Waals surface area contributed by atoms with Crippen LogP contribution in [-0.4, -0.2) is 30.8 Å². The highest BCUT2D eigenvalue weighted by atomic mass is 127. The number of hydrogen-bond acceptors (Lipinski definition) is 8. The normalized spacial score (nSPS) is 10.7. The zero-order valence-electron chi connectivity index (χ0n) is 22.9. The fourth-order valence-corrected chi connectivity index (χ4v) is 4.61. The minimum Gasteiger partial charge on any atom is -0.493 e. The largest absolute Gasteiger partial charge is 0.493 e. The van der Waals surface area contributed by atoms with Gasteiger partial charge in [0.1, 0.15) is 13.2 Å². The van der Waals surface area contributed by atoms with Crippen molar-refractivity contribution in [3.63, 3.8) is 0 Å². The number of non-ortho nitro benzene ring substituents is 1. The summed E-state index contributed by atoms with van der Waals surface area (Å²) >= 11 is 2.12. The second-order valence-electron chi connectivity index (χ2n) is 8.81. The molecule has 4 rings (SSSR count). The summed E-state index contributed by atoms with van der Waals surface area (Å²) in [5.41, 5.74) is 5.39. The molecule has 0 fully saturated rings. The van der Waals surface area contributed by atoms with Crippen LogP contribution in [-0.2, 0) is 13.2 Å². The molecule has 1 amide bonds. The van der Waals surface area contributed by atoms with E-state index in [1.807, 2.05) is 43.3 Å². The lowest BCUT2D eigenvalue weighted by Crippen LogP contribution is -2.17. The Labute approximate surface area is 256 Å². The first-order valence-electron chi connectivity index (χ1n) is 12.9. The third-order valence-corrected chi connectivity index (χ3v) is 6.71. The quantitative estimate of drug-likeness (QED) is 0.0738. The van der Waals surface area contributed by atoms with Gasteiger partial charge in [0.25, 0.3) is 11.6 Å². The first-order valence-corrected chi connectivity index (χ1v) is 14.0. The van der Waals surface area contributed by atoms with Crippen molar-refractivity contribution in [2.75, 3.05) is 13.7 Å². The number of nitro groups is 1. The molecule has 4 aromatic carbocycles. The van der Waals surface area contributed by atoms with Gasteiger partial charge >= 0.3 is 0 Å². The van der Waals surface area contributed by atoms with Gasteiger partial charge < -0.3 is 18.9 Å². The Morgan fingerprint density at radius 2 is 1.62 bits per heavy atom. The van der Waals surface area contributed by atoms with Gasteiger partial charge in [0.05, 0.1) is 28.4 Å². The van der Waals surface area contributed by atoms with Crippen molar-refractivity contribution in [2.24, 2.45) is 5.10 Å². The highest BCUT2D eigenvalue weighted by molar-refractivity contribution is 14.1. The van der Waals surface area contributed by atoms with Crippen molar-refractivity contribution in [3.8, 4) is 23.0 Å². The number of amides is 1. The summed E-state index contributed by atoms with van der Waals surface area (Å²) < 4.78 is 23.8. The molecule has 0 saturated carbocycles. The van der Waals surface area contributed by atoms with E-state index in [0.717, 1.165) is 14.7 Å². The third-order valence-electron chi connectivity index (χ3n) is 5.90. The van der Waals surface area contributed by atoms with Crippen molar-refractivity contribution in [2.45, 2.75) is 20.1 Å². The van der Waals surface area contributed by atoms with Crippen LogP contribution in [0.3, 0.4) is 0 Å². The molecule has 0 spiro atoms. The molecule has 0 aliphatic rings. The molecule has 0 aliphatic heterocycles. The molecule has 216 valence electrons. The highest BCUT2D eigenvalue weighted by Gasteiger charge is 2.14. The van der Waals surface area contributed by atoms with E-state index in [1.165, 1.54) is 25.5 Å². The molecule has 0 unspecified atom stereocenters. The molecule has 0 atom stereocenters. The van der Waals surface area contributed by atoms with Crippen LogP contribution < -0.4 is 24.4 Å². The second-order valence-corrected chi connectivity index (χ2v) is 9.98. The van der Waals surface area contributed by atoms with Gasteiger partial charge in [-0.25, -0.2) is 5.43 Å². The molecule has 0 aliphatic carbocycles. The Balaban J connectivity index is 1.39. The summed E-state index contributed by atoms with van der Waals surface area (Å²) in [6.07, 6.45) is 1.50. The zero-order chi connectivity index (χ0) is 29.9. The topological polar surface area (TPSA) is 122 Å². The van der Waals surface area contributed by atoms with Crippen LogP contribution in [0, 0.1) is 13.7 Å². The van der Waals surface area contributed by atoms with Crippen LogP contribution in [0.15, 0.2) is 90.0 Å². The maximum Gasteiger partial charge on any atom is 0.271 e. The van der Waals surface area contributed by atoms with Crippen molar-refractivity contribution >= 4 is 40.4 Å². The van der Waals surface area contributed by atoms with E-state index in [9.17, 15) is 14.9 Å². The average Bonchev–Trinajstić information content (AvgIpc) is 3.00. The fourth-order valence-electron chi connectivity index (χ4n) is 3.83. The molecule has 4 aromatic rings. The van der Waals surface area contributed by atoms with E-state index < -0.39 is 10.8 Å². The molecule has 0 aromatic heterocycles. The zero-order valence-corrected chi connectivity index (χ0v) is 25.1. The van der Waals surface area contributed by atoms with Gasteiger partial charge in [0.2, 0.25) is 0 Å². The van der Waals surface area contributed by atoms with E-state index in [-0.39, 0.29) is 12.3 Å². The van der Waals surface area contributed by atoms with E-state index in [2.05, 4.69) is 33.1 Å². The summed E-state index contributed by atoms with van der Waals surface area (Å²) in [4.78, 5) is 23.2. The van der Waals surface area contributed by atoms with E-state index in [1.54, 1.807) is 36.4 Å². The number of nitrogens with zero attached hydrogens (tertiary/aromatic N) is 2. The van der Waals surface area contributed by atoms with Gasteiger partial charge in [-0.15, -0.1) is 0 Å². The summed E-state index contributed by atoms with van der Waals surface area (Å²) in [5.74, 6) is 1.60. The van der Waals surface area contributed by atoms with Crippen LogP contribution >= 0.6 is 22.6 Å². The Bertz CT molecular complexity index is 1560. The van der Waals surface area contributed by atoms with Crippen molar-refractivity contribution in [3.05, 3.63) is 121 Å². The number of halogens is 1. The first-order chi connectivity index (χ1) is 20.4. The molecule has 0 radical (unpaired) electrons.